The van der Waals surface area contributed by atoms with Crippen LogP contribution < -0.4 is 4.74 Å². The average Bonchev–Trinajstić information content (AvgIpc) is 3.07. The van der Waals surface area contributed by atoms with Gasteiger partial charge in [0, 0.05) is 39.8 Å². The molecule has 0 bridgehead atoms. The summed E-state index contributed by atoms with van der Waals surface area (Å²) in [6.07, 6.45) is 3.10. The molecule has 0 unspecified atom stereocenters. The van der Waals surface area contributed by atoms with Gasteiger partial charge < -0.3 is 14.4 Å². The molecule has 0 radical (unpaired) electrons. The third-order valence-electron chi connectivity index (χ3n) is 4.52. The first kappa shape index (κ1) is 19.0. The molecule has 3 rings (SSSR count). The van der Waals surface area contributed by atoms with Gasteiger partial charge in [0.25, 0.3) is 10.2 Å². The first-order valence-corrected chi connectivity index (χ1v) is 9.92. The van der Waals surface area contributed by atoms with Crippen LogP contribution in [0.3, 0.4) is 0 Å². The number of aromatic nitrogens is 1. The molecular formula is C16H24N4O5S. The van der Waals surface area contributed by atoms with Crippen LogP contribution in [0.5, 0.6) is 5.75 Å². The van der Waals surface area contributed by atoms with Crippen molar-refractivity contribution in [3.63, 3.8) is 0 Å². The first-order valence-electron chi connectivity index (χ1n) is 8.52. The summed E-state index contributed by atoms with van der Waals surface area (Å²) in [6.45, 7) is 2.00. The smallest absolute Gasteiger partial charge is 0.282 e. The minimum atomic E-state index is -3.74. The van der Waals surface area contributed by atoms with Gasteiger partial charge in [0.1, 0.15) is 17.9 Å². The minimum Gasteiger partial charge on any atom is -0.487 e. The Balaban J connectivity index is 1.80. The Morgan fingerprint density at radius 3 is 2.69 bits per heavy atom. The van der Waals surface area contributed by atoms with E-state index >= 15 is 0 Å². The predicted molar refractivity (Wildman–Crippen MR) is 93.8 cm³/mol. The summed E-state index contributed by atoms with van der Waals surface area (Å²) < 4.78 is 38.9. The van der Waals surface area contributed by atoms with Crippen molar-refractivity contribution < 1.29 is 22.7 Å². The van der Waals surface area contributed by atoms with Crippen molar-refractivity contribution in [2.75, 3.05) is 46.9 Å². The van der Waals surface area contributed by atoms with Crippen molar-refractivity contribution in [1.29, 1.82) is 0 Å². The Bertz CT molecular complexity index is 721. The van der Waals surface area contributed by atoms with Crippen LogP contribution in [0.4, 0.5) is 0 Å². The van der Waals surface area contributed by atoms with Crippen LogP contribution in [-0.2, 0) is 19.7 Å². The lowest BCUT2D eigenvalue weighted by Gasteiger charge is -2.32. The maximum Gasteiger partial charge on any atom is 0.282 e. The molecule has 0 aromatic carbocycles. The third kappa shape index (κ3) is 3.98. The van der Waals surface area contributed by atoms with E-state index in [9.17, 15) is 13.2 Å². The molecule has 2 saturated heterocycles. The molecule has 9 nitrogen and oxygen atoms in total. The Labute approximate surface area is 153 Å². The number of hydrogen-bond acceptors (Lipinski definition) is 6. The number of nitrogens with zero attached hydrogens (tertiary/aromatic N) is 4. The summed E-state index contributed by atoms with van der Waals surface area (Å²) in [7, 11) is -0.824. The fourth-order valence-electron chi connectivity index (χ4n) is 3.15. The van der Waals surface area contributed by atoms with Gasteiger partial charge >= 0.3 is 0 Å². The fourth-order valence-corrected chi connectivity index (χ4v) is 4.42. The van der Waals surface area contributed by atoms with Crippen LogP contribution in [-0.4, -0.2) is 91.9 Å². The number of carbonyl (C=O) groups is 1. The molecule has 1 aromatic heterocycles. The van der Waals surface area contributed by atoms with Gasteiger partial charge in [0.2, 0.25) is 5.91 Å². The highest BCUT2D eigenvalue weighted by Gasteiger charge is 2.46. The molecule has 1 amide bonds. The molecule has 144 valence electrons. The molecule has 0 N–H and O–H groups in total. The lowest BCUT2D eigenvalue weighted by molar-refractivity contribution is -0.138. The van der Waals surface area contributed by atoms with Gasteiger partial charge in [-0.2, -0.15) is 17.0 Å². The highest BCUT2D eigenvalue weighted by molar-refractivity contribution is 7.86. The monoisotopic (exact) mass is 384 g/mol. The number of ether oxygens (including phenoxy) is 2. The Kier molecular flexibility index (Phi) is 5.76. The number of carbonyl (C=O) groups excluding carboxylic acids is 1. The van der Waals surface area contributed by atoms with Gasteiger partial charge in [0.05, 0.1) is 26.0 Å². The SMILES string of the molecule is CN(C)S(=O)(=O)N1C[C@@H](Oc2cccnc2)C[C@H]1C(=O)N1CCOCC1. The molecule has 3 heterocycles. The van der Waals surface area contributed by atoms with Gasteiger partial charge in [-0.1, -0.05) is 0 Å². The zero-order valence-electron chi connectivity index (χ0n) is 14.9. The molecule has 0 aliphatic carbocycles. The number of amides is 1. The molecule has 0 spiro atoms. The van der Waals surface area contributed by atoms with Crippen molar-refractivity contribution in [2.24, 2.45) is 0 Å². The second kappa shape index (κ2) is 7.87. The highest BCUT2D eigenvalue weighted by Crippen LogP contribution is 2.27. The molecule has 2 fully saturated rings. The number of hydrogen-bond donors (Lipinski definition) is 0. The van der Waals surface area contributed by atoms with Crippen molar-refractivity contribution in [1.82, 2.24) is 18.5 Å². The first-order chi connectivity index (χ1) is 12.4. The van der Waals surface area contributed by atoms with Gasteiger partial charge in [-0.3, -0.25) is 9.78 Å². The van der Waals surface area contributed by atoms with E-state index in [2.05, 4.69) is 4.98 Å². The molecule has 2 atom stereocenters. The standard InChI is InChI=1S/C16H24N4O5S/c1-18(2)26(22,23)20-12-14(25-13-4-3-5-17-11-13)10-15(20)16(21)19-6-8-24-9-7-19/h3-5,11,14-15H,6-10,12H2,1-2H3/t14-,15-/m0/s1. The van der Waals surface area contributed by atoms with Crippen molar-refractivity contribution >= 4 is 16.1 Å². The Morgan fingerprint density at radius 1 is 1.35 bits per heavy atom. The predicted octanol–water partition coefficient (Wildman–Crippen LogP) is -0.431. The average molecular weight is 384 g/mol. The maximum atomic E-state index is 13.0. The van der Waals surface area contributed by atoms with Crippen molar-refractivity contribution in [2.45, 2.75) is 18.6 Å². The van der Waals surface area contributed by atoms with Crippen molar-refractivity contribution in [3.05, 3.63) is 24.5 Å². The van der Waals surface area contributed by atoms with E-state index in [4.69, 9.17) is 9.47 Å². The lowest BCUT2D eigenvalue weighted by Crippen LogP contribution is -2.52. The van der Waals surface area contributed by atoms with E-state index < -0.39 is 22.4 Å². The second-order valence-electron chi connectivity index (χ2n) is 6.48. The summed E-state index contributed by atoms with van der Waals surface area (Å²) in [6, 6.07) is 2.73. The van der Waals surface area contributed by atoms with Gasteiger partial charge in [-0.25, -0.2) is 0 Å². The molecule has 1 aromatic rings. The topological polar surface area (TPSA) is 92.3 Å². The van der Waals surface area contributed by atoms with E-state index in [1.165, 1.54) is 18.4 Å². The molecule has 2 aliphatic rings. The molecule has 10 heteroatoms. The quantitative estimate of drug-likeness (QED) is 0.684. The van der Waals surface area contributed by atoms with E-state index in [-0.39, 0.29) is 12.5 Å². The normalized spacial score (nSPS) is 24.8. The van der Waals surface area contributed by atoms with Gasteiger partial charge in [-0.15, -0.1) is 0 Å². The van der Waals surface area contributed by atoms with Crippen LogP contribution in [0, 0.1) is 0 Å². The molecular weight excluding hydrogens is 360 g/mol. The largest absolute Gasteiger partial charge is 0.487 e. The van der Waals surface area contributed by atoms with Crippen LogP contribution in [0.2, 0.25) is 0 Å². The Hall–Kier alpha value is -1.75. The van der Waals surface area contributed by atoms with E-state index in [0.29, 0.717) is 38.5 Å². The summed E-state index contributed by atoms with van der Waals surface area (Å²) in [5.74, 6) is 0.357. The van der Waals surface area contributed by atoms with Crippen LogP contribution in [0.15, 0.2) is 24.5 Å². The summed E-state index contributed by atoms with van der Waals surface area (Å²) in [5, 5.41) is 0. The second-order valence-corrected chi connectivity index (χ2v) is 8.57. The third-order valence-corrected chi connectivity index (χ3v) is 6.44. The number of pyridine rings is 1. The fraction of sp³-hybridized carbons (Fsp3) is 0.625. The summed E-state index contributed by atoms with van der Waals surface area (Å²) in [4.78, 5) is 18.6. The zero-order chi connectivity index (χ0) is 18.7. The minimum absolute atomic E-state index is 0.121. The van der Waals surface area contributed by atoms with E-state index in [1.54, 1.807) is 29.4 Å². The summed E-state index contributed by atoms with van der Waals surface area (Å²) in [5.41, 5.74) is 0. The summed E-state index contributed by atoms with van der Waals surface area (Å²) >= 11 is 0. The number of rotatable bonds is 5. The number of morpholine rings is 1. The Morgan fingerprint density at radius 2 is 2.08 bits per heavy atom. The molecule has 2 aliphatic heterocycles. The van der Waals surface area contributed by atoms with Gasteiger partial charge in [0.15, 0.2) is 0 Å². The maximum absolute atomic E-state index is 13.0. The molecule has 0 saturated carbocycles. The zero-order valence-corrected chi connectivity index (χ0v) is 15.8. The van der Waals surface area contributed by atoms with Crippen LogP contribution in [0.25, 0.3) is 0 Å². The highest BCUT2D eigenvalue weighted by atomic mass is 32.2. The lowest BCUT2D eigenvalue weighted by atomic mass is 10.1. The van der Waals surface area contributed by atoms with E-state index in [1.807, 2.05) is 0 Å². The van der Waals surface area contributed by atoms with E-state index in [0.717, 1.165) is 4.31 Å². The van der Waals surface area contributed by atoms with Gasteiger partial charge in [-0.05, 0) is 12.1 Å². The van der Waals surface area contributed by atoms with Crippen molar-refractivity contribution in [3.8, 4) is 5.75 Å². The molecule has 26 heavy (non-hydrogen) atoms. The van der Waals surface area contributed by atoms with Crippen LogP contribution >= 0.6 is 0 Å². The van der Waals surface area contributed by atoms with Crippen LogP contribution in [0.1, 0.15) is 6.42 Å².